The van der Waals surface area contributed by atoms with Gasteiger partial charge in [0.25, 0.3) is 0 Å². The molecule has 18 heavy (non-hydrogen) atoms. The Morgan fingerprint density at radius 1 is 1.00 bits per heavy atom. The zero-order chi connectivity index (χ0) is 14.0. The van der Waals surface area contributed by atoms with E-state index in [-0.39, 0.29) is 0 Å². The molecule has 0 N–H and O–H groups in total. The van der Waals surface area contributed by atoms with Gasteiger partial charge in [0.1, 0.15) is 5.60 Å². The van der Waals surface area contributed by atoms with Crippen molar-refractivity contribution in [3.8, 4) is 0 Å². The number of unbranched alkanes of at least 4 members (excludes halogenated alkanes) is 3. The van der Waals surface area contributed by atoms with Gasteiger partial charge in [-0.2, -0.15) is 0 Å². The highest BCUT2D eigenvalue weighted by Gasteiger charge is 2.16. The highest BCUT2D eigenvalue weighted by atomic mass is 16.6. The van der Waals surface area contributed by atoms with Crippen molar-refractivity contribution in [2.75, 3.05) is 6.61 Å². The third-order valence-electron chi connectivity index (χ3n) is 1.83. The van der Waals surface area contributed by atoms with Crippen LogP contribution in [0.25, 0.3) is 0 Å². The van der Waals surface area contributed by atoms with Gasteiger partial charge in [0, 0.05) is 0 Å². The molecule has 0 bridgehead atoms. The van der Waals surface area contributed by atoms with Gasteiger partial charge in [-0.05, 0) is 27.2 Å². The molecule has 0 heterocycles. The summed E-state index contributed by atoms with van der Waals surface area (Å²) in [5.74, 6) is 0. The van der Waals surface area contributed by atoms with Gasteiger partial charge in [0.15, 0.2) is 0 Å². The SMILES string of the molecule is CCCCCCOC(=O)/N=N/C(=O)OC(C)(C)C. The highest BCUT2D eigenvalue weighted by Crippen LogP contribution is 2.08. The topological polar surface area (TPSA) is 77.3 Å². The minimum Gasteiger partial charge on any atom is -0.447 e. The summed E-state index contributed by atoms with van der Waals surface area (Å²) in [6, 6.07) is 0. The maximum Gasteiger partial charge on any atom is 0.453 e. The largest absolute Gasteiger partial charge is 0.453 e. The molecule has 0 aliphatic rings. The molecule has 6 nitrogen and oxygen atoms in total. The fourth-order valence-electron chi connectivity index (χ4n) is 1.08. The van der Waals surface area contributed by atoms with Gasteiger partial charge < -0.3 is 9.47 Å². The number of azo groups is 1. The van der Waals surface area contributed by atoms with Crippen molar-refractivity contribution >= 4 is 12.2 Å². The minimum atomic E-state index is -0.898. The number of ether oxygens (including phenoxy) is 2. The van der Waals surface area contributed by atoms with Gasteiger partial charge >= 0.3 is 12.2 Å². The Hall–Kier alpha value is -1.46. The predicted molar refractivity (Wildman–Crippen MR) is 66.6 cm³/mol. The van der Waals surface area contributed by atoms with Crippen molar-refractivity contribution in [3.05, 3.63) is 0 Å². The molecule has 0 aliphatic carbocycles. The molecule has 0 radical (unpaired) electrons. The van der Waals surface area contributed by atoms with E-state index in [1.165, 1.54) is 0 Å². The quantitative estimate of drug-likeness (QED) is 0.549. The van der Waals surface area contributed by atoms with Gasteiger partial charge in [-0.1, -0.05) is 36.4 Å². The smallest absolute Gasteiger partial charge is 0.447 e. The van der Waals surface area contributed by atoms with Crippen LogP contribution in [-0.4, -0.2) is 24.4 Å². The fourth-order valence-corrected chi connectivity index (χ4v) is 1.08. The second-order valence-electron chi connectivity index (χ2n) is 4.86. The Labute approximate surface area is 108 Å². The summed E-state index contributed by atoms with van der Waals surface area (Å²) < 4.78 is 9.60. The van der Waals surface area contributed by atoms with E-state index in [9.17, 15) is 9.59 Å². The summed E-state index contributed by atoms with van der Waals surface area (Å²) in [7, 11) is 0. The lowest BCUT2D eigenvalue weighted by Crippen LogP contribution is -2.21. The maximum atomic E-state index is 11.1. The lowest BCUT2D eigenvalue weighted by atomic mass is 10.2. The molecule has 0 saturated carbocycles. The Morgan fingerprint density at radius 3 is 2.17 bits per heavy atom. The first-order valence-corrected chi connectivity index (χ1v) is 6.16. The van der Waals surface area contributed by atoms with Crippen LogP contribution in [0, 0.1) is 0 Å². The molecule has 0 rings (SSSR count). The molecule has 0 aromatic heterocycles. The van der Waals surface area contributed by atoms with E-state index in [2.05, 4.69) is 17.2 Å². The first kappa shape index (κ1) is 16.5. The standard InChI is InChI=1S/C12H22N2O4/c1-5-6-7-8-9-17-10(15)13-14-11(16)18-12(2,3)4/h5-9H2,1-4H3/b14-13+. The lowest BCUT2D eigenvalue weighted by Gasteiger charge is -2.16. The van der Waals surface area contributed by atoms with Gasteiger partial charge in [-0.25, -0.2) is 9.59 Å². The van der Waals surface area contributed by atoms with Crippen molar-refractivity contribution in [1.29, 1.82) is 0 Å². The number of carbonyl (C=O) groups is 2. The third-order valence-corrected chi connectivity index (χ3v) is 1.83. The molecule has 2 amide bonds. The van der Waals surface area contributed by atoms with E-state index in [0.717, 1.165) is 25.7 Å². The van der Waals surface area contributed by atoms with Crippen LogP contribution >= 0.6 is 0 Å². The maximum absolute atomic E-state index is 11.1. The van der Waals surface area contributed by atoms with Crippen LogP contribution in [0.1, 0.15) is 53.4 Å². The van der Waals surface area contributed by atoms with Crippen LogP contribution in [0.3, 0.4) is 0 Å². The summed E-state index contributed by atoms with van der Waals surface area (Å²) >= 11 is 0. The molecule has 0 aromatic rings. The fraction of sp³-hybridized carbons (Fsp3) is 0.833. The number of rotatable bonds is 5. The van der Waals surface area contributed by atoms with Crippen LogP contribution in [-0.2, 0) is 9.47 Å². The Kier molecular flexibility index (Phi) is 7.91. The molecule has 0 unspecified atom stereocenters. The van der Waals surface area contributed by atoms with Crippen LogP contribution in [0.15, 0.2) is 10.2 Å². The van der Waals surface area contributed by atoms with Gasteiger partial charge in [0.05, 0.1) is 6.61 Å². The number of carbonyl (C=O) groups excluding carboxylic acids is 2. The van der Waals surface area contributed by atoms with E-state index >= 15 is 0 Å². The zero-order valence-electron chi connectivity index (χ0n) is 11.6. The molecule has 104 valence electrons. The number of hydrogen-bond donors (Lipinski definition) is 0. The summed E-state index contributed by atoms with van der Waals surface area (Å²) in [6.45, 7) is 7.50. The lowest BCUT2D eigenvalue weighted by molar-refractivity contribution is 0.0586. The molecule has 6 heteroatoms. The van der Waals surface area contributed by atoms with Crippen LogP contribution in [0.2, 0.25) is 0 Å². The second kappa shape index (κ2) is 8.60. The molecular weight excluding hydrogens is 236 g/mol. The van der Waals surface area contributed by atoms with Crippen LogP contribution in [0.5, 0.6) is 0 Å². The molecular formula is C12H22N2O4. The second-order valence-corrected chi connectivity index (χ2v) is 4.86. The monoisotopic (exact) mass is 258 g/mol. The van der Waals surface area contributed by atoms with E-state index in [1.807, 2.05) is 0 Å². The number of nitrogens with zero attached hydrogens (tertiary/aromatic N) is 2. The number of amides is 2. The summed E-state index contributed by atoms with van der Waals surface area (Å²) in [6.07, 6.45) is 2.26. The van der Waals surface area contributed by atoms with Crippen LogP contribution < -0.4 is 0 Å². The summed E-state index contributed by atoms with van der Waals surface area (Å²) in [5.41, 5.74) is -0.653. The van der Waals surface area contributed by atoms with Gasteiger partial charge in [0.2, 0.25) is 0 Å². The van der Waals surface area contributed by atoms with Gasteiger partial charge in [-0.3, -0.25) is 0 Å². The van der Waals surface area contributed by atoms with Crippen LogP contribution in [0.4, 0.5) is 9.59 Å². The predicted octanol–water partition coefficient (Wildman–Crippen LogP) is 4.09. The highest BCUT2D eigenvalue weighted by molar-refractivity contribution is 5.73. The molecule has 0 spiro atoms. The normalized spacial score (nSPS) is 11.6. The molecule has 0 aliphatic heterocycles. The Balaban J connectivity index is 3.77. The first-order chi connectivity index (χ1) is 8.35. The Bertz CT molecular complexity index is 295. The van der Waals surface area contributed by atoms with Crippen molar-refractivity contribution in [3.63, 3.8) is 0 Å². The van der Waals surface area contributed by atoms with Crippen molar-refractivity contribution in [2.24, 2.45) is 10.2 Å². The van der Waals surface area contributed by atoms with E-state index in [4.69, 9.17) is 9.47 Å². The average molecular weight is 258 g/mol. The van der Waals surface area contributed by atoms with Crippen molar-refractivity contribution in [1.82, 2.24) is 0 Å². The average Bonchev–Trinajstić information content (AvgIpc) is 2.24. The third kappa shape index (κ3) is 11.0. The molecule has 0 atom stereocenters. The van der Waals surface area contributed by atoms with Crippen molar-refractivity contribution in [2.45, 2.75) is 59.0 Å². The zero-order valence-corrected chi connectivity index (χ0v) is 11.6. The minimum absolute atomic E-state index is 0.298. The summed E-state index contributed by atoms with van der Waals surface area (Å²) in [4.78, 5) is 22.1. The van der Waals surface area contributed by atoms with E-state index in [1.54, 1.807) is 20.8 Å². The molecule has 0 aromatic carbocycles. The molecule has 0 fully saturated rings. The molecule has 0 saturated heterocycles. The van der Waals surface area contributed by atoms with E-state index < -0.39 is 17.8 Å². The van der Waals surface area contributed by atoms with Crippen molar-refractivity contribution < 1.29 is 19.1 Å². The Morgan fingerprint density at radius 2 is 1.61 bits per heavy atom. The first-order valence-electron chi connectivity index (χ1n) is 6.16. The van der Waals surface area contributed by atoms with E-state index in [0.29, 0.717) is 6.61 Å². The van der Waals surface area contributed by atoms with Gasteiger partial charge in [-0.15, -0.1) is 0 Å². The summed E-state index contributed by atoms with van der Waals surface area (Å²) in [5, 5.41) is 6.23. The number of hydrogen-bond acceptors (Lipinski definition) is 4.